The zero-order valence-electron chi connectivity index (χ0n) is 13.6. The minimum Gasteiger partial charge on any atom is -0.454 e. The predicted octanol–water partition coefficient (Wildman–Crippen LogP) is 3.54. The number of carbonyl (C=O) groups is 1. The van der Waals surface area contributed by atoms with Gasteiger partial charge in [-0.3, -0.25) is 9.48 Å². The lowest BCUT2D eigenvalue weighted by molar-refractivity contribution is 0.0901. The number of benzene rings is 1. The summed E-state index contributed by atoms with van der Waals surface area (Å²) < 4.78 is 20.5. The van der Waals surface area contributed by atoms with Crippen molar-refractivity contribution in [1.29, 1.82) is 0 Å². The number of furan rings is 1. The lowest BCUT2D eigenvalue weighted by Crippen LogP contribution is -2.29. The molecule has 4 rings (SSSR count). The van der Waals surface area contributed by atoms with Crippen LogP contribution in [0.2, 0.25) is 0 Å². The average molecular weight is 339 g/mol. The van der Waals surface area contributed by atoms with E-state index in [1.165, 1.54) is 12.1 Å². The molecule has 1 amide bonds. The van der Waals surface area contributed by atoms with Crippen LogP contribution < -0.4 is 5.32 Å². The summed E-state index contributed by atoms with van der Waals surface area (Å²) in [6.45, 7) is 0.476. The highest BCUT2D eigenvalue weighted by Crippen LogP contribution is 2.41. The number of halogens is 1. The third-order valence-electron chi connectivity index (χ3n) is 4.37. The van der Waals surface area contributed by atoms with Gasteiger partial charge < -0.3 is 9.73 Å². The summed E-state index contributed by atoms with van der Waals surface area (Å²) in [7, 11) is 0. The molecule has 1 fully saturated rings. The van der Waals surface area contributed by atoms with E-state index in [2.05, 4.69) is 10.4 Å². The van der Waals surface area contributed by atoms with Gasteiger partial charge in [0.1, 0.15) is 11.6 Å². The molecule has 1 N–H and O–H groups in total. The molecule has 0 unspecified atom stereocenters. The first kappa shape index (κ1) is 15.6. The largest absolute Gasteiger partial charge is 0.454 e. The van der Waals surface area contributed by atoms with Gasteiger partial charge in [0.25, 0.3) is 5.91 Å². The Morgan fingerprint density at radius 1 is 1.28 bits per heavy atom. The molecule has 5 nitrogen and oxygen atoms in total. The molecular weight excluding hydrogens is 321 g/mol. The van der Waals surface area contributed by atoms with Crippen LogP contribution in [0.3, 0.4) is 0 Å². The zero-order chi connectivity index (χ0) is 17.2. The smallest absolute Gasteiger partial charge is 0.287 e. The van der Waals surface area contributed by atoms with E-state index >= 15 is 0 Å². The molecular formula is C19H18FN3O2. The summed E-state index contributed by atoms with van der Waals surface area (Å²) in [5.41, 5.74) is 0.917. The van der Waals surface area contributed by atoms with E-state index < -0.39 is 0 Å². The topological polar surface area (TPSA) is 60.1 Å². The first-order valence-electron chi connectivity index (χ1n) is 8.31. The molecule has 3 aromatic rings. The van der Waals surface area contributed by atoms with Gasteiger partial charge in [-0.1, -0.05) is 12.1 Å². The second kappa shape index (κ2) is 6.55. The monoisotopic (exact) mass is 339 g/mol. The molecule has 2 heterocycles. The molecule has 1 aliphatic carbocycles. The predicted molar refractivity (Wildman–Crippen MR) is 89.4 cm³/mol. The number of hydrogen-bond donors (Lipinski definition) is 1. The average Bonchev–Trinajstić information content (AvgIpc) is 3.12. The molecule has 0 spiro atoms. The Morgan fingerprint density at radius 3 is 2.76 bits per heavy atom. The fourth-order valence-corrected chi connectivity index (χ4v) is 2.92. The third kappa shape index (κ3) is 3.63. The molecule has 1 aromatic carbocycles. The van der Waals surface area contributed by atoms with Gasteiger partial charge in [0.2, 0.25) is 0 Å². The van der Waals surface area contributed by atoms with Crippen LogP contribution in [-0.4, -0.2) is 15.7 Å². The molecule has 0 aliphatic heterocycles. The maximum Gasteiger partial charge on any atom is 0.287 e. The van der Waals surface area contributed by atoms with Crippen LogP contribution in [0, 0.1) is 11.7 Å². The Labute approximate surface area is 144 Å². The van der Waals surface area contributed by atoms with E-state index in [0.29, 0.717) is 18.2 Å². The Kier molecular flexibility index (Phi) is 4.09. The lowest BCUT2D eigenvalue weighted by Gasteiger charge is -2.18. The molecule has 1 saturated carbocycles. The molecule has 128 valence electrons. The first-order valence-corrected chi connectivity index (χ1v) is 8.31. The molecule has 1 atom stereocenters. The van der Waals surface area contributed by atoms with Crippen LogP contribution in [0.4, 0.5) is 4.39 Å². The van der Waals surface area contributed by atoms with E-state index in [4.69, 9.17) is 4.42 Å². The van der Waals surface area contributed by atoms with Crippen LogP contribution in [0.15, 0.2) is 59.3 Å². The van der Waals surface area contributed by atoms with E-state index in [1.807, 2.05) is 12.3 Å². The van der Waals surface area contributed by atoms with Gasteiger partial charge in [0.15, 0.2) is 5.76 Å². The normalized spacial score (nSPS) is 15.1. The fraction of sp³-hybridized carbons (Fsp3) is 0.263. The van der Waals surface area contributed by atoms with E-state index in [1.54, 1.807) is 35.1 Å². The van der Waals surface area contributed by atoms with Crippen LogP contribution in [0.5, 0.6) is 0 Å². The number of nitrogens with one attached hydrogen (secondary N) is 1. The summed E-state index contributed by atoms with van der Waals surface area (Å²) in [6, 6.07) is 11.5. The Hall–Kier alpha value is -2.89. The molecule has 0 bridgehead atoms. The summed E-state index contributed by atoms with van der Waals surface area (Å²) >= 11 is 0. The lowest BCUT2D eigenvalue weighted by atomic mass is 10.0. The van der Waals surface area contributed by atoms with Crippen molar-refractivity contribution in [3.63, 3.8) is 0 Å². The van der Waals surface area contributed by atoms with Crippen molar-refractivity contribution in [2.24, 2.45) is 5.92 Å². The minimum absolute atomic E-state index is 0.118. The summed E-state index contributed by atoms with van der Waals surface area (Å²) in [5, 5.41) is 7.14. The number of carbonyl (C=O) groups excluding carboxylic acids is 1. The SMILES string of the molecule is O=C(N[C@@H](c1ccc(F)cc1)C1CC1)c1ccc(Cn2cccn2)o1. The van der Waals surface area contributed by atoms with Crippen molar-refractivity contribution in [3.05, 3.63) is 77.8 Å². The van der Waals surface area contributed by atoms with E-state index in [9.17, 15) is 9.18 Å². The highest BCUT2D eigenvalue weighted by molar-refractivity contribution is 5.91. The van der Waals surface area contributed by atoms with Crippen molar-refractivity contribution in [2.45, 2.75) is 25.4 Å². The van der Waals surface area contributed by atoms with Crippen LogP contribution >= 0.6 is 0 Å². The van der Waals surface area contributed by atoms with Gasteiger partial charge in [-0.25, -0.2) is 4.39 Å². The maximum atomic E-state index is 13.1. The van der Waals surface area contributed by atoms with E-state index in [-0.39, 0.29) is 23.5 Å². The Balaban J connectivity index is 1.46. The number of amides is 1. The molecule has 0 radical (unpaired) electrons. The number of nitrogens with zero attached hydrogens (tertiary/aromatic N) is 2. The standard InChI is InChI=1S/C19H18FN3O2/c20-15-6-4-14(5-7-15)18(13-2-3-13)22-19(24)17-9-8-16(25-17)12-23-11-1-10-21-23/h1,4-11,13,18H,2-3,12H2,(H,22,24)/t18-/m1/s1. The van der Waals surface area contributed by atoms with Crippen molar-refractivity contribution < 1.29 is 13.6 Å². The third-order valence-corrected chi connectivity index (χ3v) is 4.37. The van der Waals surface area contributed by atoms with Gasteiger partial charge in [-0.2, -0.15) is 5.10 Å². The maximum absolute atomic E-state index is 13.1. The van der Waals surface area contributed by atoms with Crippen LogP contribution in [-0.2, 0) is 6.54 Å². The zero-order valence-corrected chi connectivity index (χ0v) is 13.6. The fourth-order valence-electron chi connectivity index (χ4n) is 2.92. The second-order valence-corrected chi connectivity index (χ2v) is 6.31. The first-order chi connectivity index (χ1) is 12.2. The van der Waals surface area contributed by atoms with Crippen molar-refractivity contribution in [2.75, 3.05) is 0 Å². The van der Waals surface area contributed by atoms with E-state index in [0.717, 1.165) is 18.4 Å². The van der Waals surface area contributed by atoms with Crippen molar-refractivity contribution in [3.8, 4) is 0 Å². The van der Waals surface area contributed by atoms with Crippen molar-refractivity contribution >= 4 is 5.91 Å². The number of hydrogen-bond acceptors (Lipinski definition) is 3. The Bertz CT molecular complexity index is 851. The molecule has 25 heavy (non-hydrogen) atoms. The van der Waals surface area contributed by atoms with Crippen LogP contribution in [0.1, 0.15) is 40.8 Å². The molecule has 2 aromatic heterocycles. The van der Waals surface area contributed by atoms with Crippen LogP contribution in [0.25, 0.3) is 0 Å². The van der Waals surface area contributed by atoms with Gasteiger partial charge >= 0.3 is 0 Å². The number of rotatable bonds is 6. The summed E-state index contributed by atoms with van der Waals surface area (Å²) in [6.07, 6.45) is 5.65. The number of aromatic nitrogens is 2. The quantitative estimate of drug-likeness (QED) is 0.747. The van der Waals surface area contributed by atoms with Gasteiger partial charge in [-0.05, 0) is 54.7 Å². The second-order valence-electron chi connectivity index (χ2n) is 6.31. The van der Waals surface area contributed by atoms with Gasteiger partial charge in [-0.15, -0.1) is 0 Å². The highest BCUT2D eigenvalue weighted by Gasteiger charge is 2.34. The molecule has 0 saturated heterocycles. The summed E-state index contributed by atoms with van der Waals surface area (Å²) in [5.74, 6) is 0.799. The molecule has 6 heteroatoms. The van der Waals surface area contributed by atoms with Gasteiger partial charge in [0, 0.05) is 12.4 Å². The van der Waals surface area contributed by atoms with Crippen molar-refractivity contribution in [1.82, 2.24) is 15.1 Å². The van der Waals surface area contributed by atoms with Gasteiger partial charge in [0.05, 0.1) is 12.6 Å². The Morgan fingerprint density at radius 2 is 2.08 bits per heavy atom. The highest BCUT2D eigenvalue weighted by atomic mass is 19.1. The molecule has 1 aliphatic rings. The summed E-state index contributed by atoms with van der Waals surface area (Å²) in [4.78, 5) is 12.5. The minimum atomic E-state index is -0.279.